The maximum absolute atomic E-state index is 12.3. The Hall–Kier alpha value is -3.09. The lowest BCUT2D eigenvalue weighted by Crippen LogP contribution is -2.50. The number of piperazine rings is 1. The zero-order chi connectivity index (χ0) is 17.1. The Labute approximate surface area is 145 Å². The number of benzene rings is 1. The highest BCUT2D eigenvalue weighted by molar-refractivity contribution is 5.87. The number of ether oxygens (including phenoxy) is 1. The SMILES string of the molecule is O=C(COc1ccccc1)N1CCN(c2ncnc3[nH]ccc23)CC1. The molecule has 1 N–H and O–H groups in total. The number of amides is 1. The molecule has 0 aliphatic carbocycles. The summed E-state index contributed by atoms with van der Waals surface area (Å²) in [6, 6.07) is 11.4. The molecular weight excluding hydrogens is 318 g/mol. The fourth-order valence-electron chi connectivity index (χ4n) is 3.03. The minimum absolute atomic E-state index is 0.0120. The van der Waals surface area contributed by atoms with Crippen molar-refractivity contribution in [3.05, 3.63) is 48.9 Å². The van der Waals surface area contributed by atoms with Crippen LogP contribution in [0.5, 0.6) is 5.75 Å². The quantitative estimate of drug-likeness (QED) is 0.784. The van der Waals surface area contributed by atoms with Gasteiger partial charge in [-0.25, -0.2) is 9.97 Å². The van der Waals surface area contributed by atoms with E-state index in [0.29, 0.717) is 18.8 Å². The smallest absolute Gasteiger partial charge is 0.260 e. The zero-order valence-corrected chi connectivity index (χ0v) is 13.8. The maximum atomic E-state index is 12.3. The summed E-state index contributed by atoms with van der Waals surface area (Å²) >= 11 is 0. The van der Waals surface area contributed by atoms with Gasteiger partial charge in [0.2, 0.25) is 0 Å². The van der Waals surface area contributed by atoms with Crippen LogP contribution in [0.3, 0.4) is 0 Å². The summed E-state index contributed by atoms with van der Waals surface area (Å²) in [5.74, 6) is 1.64. The molecule has 0 unspecified atom stereocenters. The van der Waals surface area contributed by atoms with Crippen LogP contribution in [0.1, 0.15) is 0 Å². The number of carbonyl (C=O) groups excluding carboxylic acids is 1. The maximum Gasteiger partial charge on any atom is 0.260 e. The molecule has 1 amide bonds. The van der Waals surface area contributed by atoms with Crippen molar-refractivity contribution in [1.29, 1.82) is 0 Å². The number of aromatic amines is 1. The normalized spacial score (nSPS) is 14.7. The van der Waals surface area contributed by atoms with Crippen molar-refractivity contribution in [2.75, 3.05) is 37.7 Å². The van der Waals surface area contributed by atoms with E-state index in [2.05, 4.69) is 19.9 Å². The molecule has 0 atom stereocenters. The van der Waals surface area contributed by atoms with Gasteiger partial charge in [0, 0.05) is 32.4 Å². The predicted molar refractivity (Wildman–Crippen MR) is 94.6 cm³/mol. The van der Waals surface area contributed by atoms with Gasteiger partial charge in [-0.2, -0.15) is 0 Å². The first-order valence-electron chi connectivity index (χ1n) is 8.30. The Morgan fingerprint density at radius 1 is 1.08 bits per heavy atom. The fourth-order valence-corrected chi connectivity index (χ4v) is 3.03. The molecule has 7 nitrogen and oxygen atoms in total. The third kappa shape index (κ3) is 3.26. The van der Waals surface area contributed by atoms with Crippen molar-refractivity contribution in [2.45, 2.75) is 0 Å². The summed E-state index contributed by atoms with van der Waals surface area (Å²) < 4.78 is 5.55. The lowest BCUT2D eigenvalue weighted by atomic mass is 10.2. The molecule has 0 spiro atoms. The Morgan fingerprint density at radius 3 is 2.68 bits per heavy atom. The van der Waals surface area contributed by atoms with Gasteiger partial charge >= 0.3 is 0 Å². The highest BCUT2D eigenvalue weighted by atomic mass is 16.5. The summed E-state index contributed by atoms with van der Waals surface area (Å²) in [6.07, 6.45) is 3.43. The molecule has 1 aromatic carbocycles. The lowest BCUT2D eigenvalue weighted by molar-refractivity contribution is -0.133. The first kappa shape index (κ1) is 15.4. The molecule has 1 aliphatic rings. The molecule has 1 aliphatic heterocycles. The van der Waals surface area contributed by atoms with Crippen molar-refractivity contribution in [3.8, 4) is 5.75 Å². The van der Waals surface area contributed by atoms with Crippen molar-refractivity contribution in [1.82, 2.24) is 19.9 Å². The van der Waals surface area contributed by atoms with E-state index in [-0.39, 0.29) is 12.5 Å². The highest BCUT2D eigenvalue weighted by Gasteiger charge is 2.23. The van der Waals surface area contributed by atoms with Crippen molar-refractivity contribution < 1.29 is 9.53 Å². The first-order chi connectivity index (χ1) is 12.3. The molecule has 25 heavy (non-hydrogen) atoms. The number of para-hydroxylation sites is 1. The van der Waals surface area contributed by atoms with Crippen molar-refractivity contribution in [2.24, 2.45) is 0 Å². The van der Waals surface area contributed by atoms with E-state index in [0.717, 1.165) is 29.9 Å². The summed E-state index contributed by atoms with van der Waals surface area (Å²) in [6.45, 7) is 2.88. The summed E-state index contributed by atoms with van der Waals surface area (Å²) in [5, 5.41) is 1.01. The van der Waals surface area contributed by atoms with E-state index < -0.39 is 0 Å². The van der Waals surface area contributed by atoms with Crippen LogP contribution in [0.2, 0.25) is 0 Å². The van der Waals surface area contributed by atoms with Crippen LogP contribution in [0.25, 0.3) is 11.0 Å². The van der Waals surface area contributed by atoms with Crippen molar-refractivity contribution >= 4 is 22.8 Å². The molecule has 3 aromatic rings. The van der Waals surface area contributed by atoms with Crippen LogP contribution in [0.4, 0.5) is 5.82 Å². The van der Waals surface area contributed by atoms with Crippen molar-refractivity contribution in [3.63, 3.8) is 0 Å². The van der Waals surface area contributed by atoms with Gasteiger partial charge in [-0.1, -0.05) is 18.2 Å². The molecule has 3 heterocycles. The minimum atomic E-state index is 0.0120. The molecule has 1 fully saturated rings. The Bertz CT molecular complexity index is 856. The fraction of sp³-hybridized carbons (Fsp3) is 0.278. The van der Waals surface area contributed by atoms with E-state index in [4.69, 9.17) is 4.74 Å². The van der Waals surface area contributed by atoms with Gasteiger partial charge in [0.05, 0.1) is 5.39 Å². The van der Waals surface area contributed by atoms with E-state index in [1.807, 2.05) is 47.5 Å². The molecule has 0 bridgehead atoms. The number of hydrogen-bond acceptors (Lipinski definition) is 5. The number of rotatable bonds is 4. The van der Waals surface area contributed by atoms with Gasteiger partial charge in [0.25, 0.3) is 5.91 Å². The third-order valence-corrected chi connectivity index (χ3v) is 4.37. The second kappa shape index (κ2) is 6.80. The van der Waals surface area contributed by atoms with Crippen LogP contribution in [-0.2, 0) is 4.79 Å². The van der Waals surface area contributed by atoms with Gasteiger partial charge in [-0.15, -0.1) is 0 Å². The topological polar surface area (TPSA) is 74.3 Å². The van der Waals surface area contributed by atoms with Gasteiger partial charge in [0.1, 0.15) is 23.5 Å². The van der Waals surface area contributed by atoms with E-state index in [1.54, 1.807) is 6.33 Å². The summed E-state index contributed by atoms with van der Waals surface area (Å²) in [5.41, 5.74) is 0.833. The van der Waals surface area contributed by atoms with Crippen LogP contribution >= 0.6 is 0 Å². The zero-order valence-electron chi connectivity index (χ0n) is 13.8. The van der Waals surface area contributed by atoms with E-state index in [1.165, 1.54) is 0 Å². The molecular formula is C18H19N5O2. The molecule has 0 radical (unpaired) electrons. The average Bonchev–Trinajstić information content (AvgIpc) is 3.16. The monoisotopic (exact) mass is 337 g/mol. The Balaban J connectivity index is 1.35. The largest absolute Gasteiger partial charge is 0.484 e. The Morgan fingerprint density at radius 2 is 1.88 bits per heavy atom. The van der Waals surface area contributed by atoms with Gasteiger partial charge in [-0.05, 0) is 18.2 Å². The van der Waals surface area contributed by atoms with Crippen LogP contribution in [0.15, 0.2) is 48.9 Å². The number of fused-ring (bicyclic) bond motifs is 1. The highest BCUT2D eigenvalue weighted by Crippen LogP contribution is 2.23. The minimum Gasteiger partial charge on any atom is -0.484 e. The number of carbonyl (C=O) groups is 1. The predicted octanol–water partition coefficient (Wildman–Crippen LogP) is 1.69. The molecule has 0 saturated carbocycles. The number of hydrogen-bond donors (Lipinski definition) is 1. The van der Waals surface area contributed by atoms with Gasteiger partial charge in [-0.3, -0.25) is 4.79 Å². The molecule has 4 rings (SSSR count). The van der Waals surface area contributed by atoms with E-state index >= 15 is 0 Å². The third-order valence-electron chi connectivity index (χ3n) is 4.37. The number of nitrogens with zero attached hydrogens (tertiary/aromatic N) is 4. The Kier molecular flexibility index (Phi) is 4.20. The number of anilines is 1. The average molecular weight is 337 g/mol. The summed E-state index contributed by atoms with van der Waals surface area (Å²) in [7, 11) is 0. The number of aromatic nitrogens is 3. The van der Waals surface area contributed by atoms with E-state index in [9.17, 15) is 4.79 Å². The lowest BCUT2D eigenvalue weighted by Gasteiger charge is -2.35. The van der Waals surface area contributed by atoms with Gasteiger partial charge in [0.15, 0.2) is 6.61 Å². The second-order valence-electron chi connectivity index (χ2n) is 5.91. The number of nitrogens with one attached hydrogen (secondary N) is 1. The van der Waals surface area contributed by atoms with Crippen LogP contribution in [-0.4, -0.2) is 58.5 Å². The molecule has 1 saturated heterocycles. The standard InChI is InChI=1S/C18H19N5O2/c24-16(12-25-14-4-2-1-3-5-14)22-8-10-23(11-9-22)18-15-6-7-19-17(15)20-13-21-18/h1-7,13H,8-12H2,(H,19,20,21). The van der Waals surface area contributed by atoms with Crippen LogP contribution < -0.4 is 9.64 Å². The molecule has 7 heteroatoms. The second-order valence-corrected chi connectivity index (χ2v) is 5.91. The number of H-pyrrole nitrogens is 1. The van der Waals surface area contributed by atoms with Gasteiger partial charge < -0.3 is 19.5 Å². The summed E-state index contributed by atoms with van der Waals surface area (Å²) in [4.78, 5) is 28.1. The van der Waals surface area contributed by atoms with Crippen LogP contribution in [0, 0.1) is 0 Å². The molecule has 128 valence electrons. The first-order valence-corrected chi connectivity index (χ1v) is 8.30. The molecule has 2 aromatic heterocycles.